The highest BCUT2D eigenvalue weighted by Crippen LogP contribution is 2.29. The highest BCUT2D eigenvalue weighted by Gasteiger charge is 2.19. The van der Waals surface area contributed by atoms with Crippen molar-refractivity contribution in [1.29, 1.82) is 0 Å². The molecule has 0 N–H and O–H groups in total. The van der Waals surface area contributed by atoms with Gasteiger partial charge in [-0.05, 0) is 63.8 Å². The monoisotopic (exact) mass is 422 g/mol. The van der Waals surface area contributed by atoms with E-state index in [1.54, 1.807) is 0 Å². The fraction of sp³-hybridized carbons (Fsp3) is 0.481. The van der Waals surface area contributed by atoms with Crippen molar-refractivity contribution in [2.75, 3.05) is 6.61 Å². The van der Waals surface area contributed by atoms with Crippen LogP contribution in [0.2, 0.25) is 0 Å². The first kappa shape index (κ1) is 24.6. The molecule has 31 heavy (non-hydrogen) atoms. The number of hydrogen-bond donors (Lipinski definition) is 0. The molecule has 1 aromatic heterocycles. The lowest BCUT2D eigenvalue weighted by Gasteiger charge is -2.11. The lowest BCUT2D eigenvalue weighted by atomic mass is 10.00. The summed E-state index contributed by atoms with van der Waals surface area (Å²) in [4.78, 5) is 12.5. The van der Waals surface area contributed by atoms with Crippen LogP contribution < -0.4 is 4.74 Å². The molecule has 0 radical (unpaired) electrons. The van der Waals surface area contributed by atoms with E-state index < -0.39 is 0 Å². The van der Waals surface area contributed by atoms with Gasteiger partial charge in [-0.1, -0.05) is 45.4 Å². The molecule has 0 bridgehead atoms. The molecular formula is C27H38N2O2. The number of ketones is 1. The van der Waals surface area contributed by atoms with Crippen molar-refractivity contribution in [2.45, 2.75) is 73.6 Å². The van der Waals surface area contributed by atoms with Crippen molar-refractivity contribution < 1.29 is 9.53 Å². The van der Waals surface area contributed by atoms with E-state index in [0.29, 0.717) is 25.4 Å². The summed E-state index contributed by atoms with van der Waals surface area (Å²) in [6.45, 7) is 17.2. The summed E-state index contributed by atoms with van der Waals surface area (Å²) < 4.78 is 7.86. The molecule has 1 heterocycles. The van der Waals surface area contributed by atoms with Crippen LogP contribution in [-0.2, 0) is 11.2 Å². The Morgan fingerprint density at radius 1 is 1.23 bits per heavy atom. The Balaban J connectivity index is 2.39. The third-order valence-electron chi connectivity index (χ3n) is 5.58. The molecule has 1 unspecified atom stereocenters. The van der Waals surface area contributed by atoms with Gasteiger partial charge in [0.25, 0.3) is 0 Å². The van der Waals surface area contributed by atoms with Gasteiger partial charge in [0.1, 0.15) is 11.5 Å². The summed E-state index contributed by atoms with van der Waals surface area (Å²) in [5.41, 5.74) is 6.06. The molecule has 0 aliphatic carbocycles. The Hall–Kier alpha value is -2.62. The number of benzene rings is 1. The molecule has 0 aliphatic heterocycles. The molecule has 0 spiro atoms. The van der Waals surface area contributed by atoms with E-state index in [4.69, 9.17) is 9.84 Å². The van der Waals surface area contributed by atoms with Crippen LogP contribution in [0.15, 0.2) is 42.5 Å². The fourth-order valence-electron chi connectivity index (χ4n) is 3.36. The number of nitrogens with zero attached hydrogens (tertiary/aromatic N) is 2. The predicted molar refractivity (Wildman–Crippen MR) is 130 cm³/mol. The Bertz CT molecular complexity index is 919. The summed E-state index contributed by atoms with van der Waals surface area (Å²) in [5.74, 6) is 1.65. The molecule has 1 aromatic carbocycles. The van der Waals surface area contributed by atoms with E-state index in [0.717, 1.165) is 58.8 Å². The number of Topliss-reactive ketones (excluding diaryl/α,β-unsaturated/α-hetero) is 1. The van der Waals surface area contributed by atoms with Gasteiger partial charge >= 0.3 is 0 Å². The highest BCUT2D eigenvalue weighted by atomic mass is 16.5. The molecule has 168 valence electrons. The van der Waals surface area contributed by atoms with Crippen LogP contribution in [0.25, 0.3) is 17.0 Å². The second-order valence-electron chi connectivity index (χ2n) is 8.65. The molecule has 4 nitrogen and oxygen atoms in total. The van der Waals surface area contributed by atoms with Crippen molar-refractivity contribution >= 4 is 11.5 Å². The molecular weight excluding hydrogens is 384 g/mol. The average molecular weight is 423 g/mol. The molecule has 0 saturated carbocycles. The van der Waals surface area contributed by atoms with E-state index in [1.165, 1.54) is 0 Å². The van der Waals surface area contributed by atoms with Crippen molar-refractivity contribution in [3.05, 3.63) is 53.8 Å². The summed E-state index contributed by atoms with van der Waals surface area (Å²) in [5, 5.41) is 4.91. The Morgan fingerprint density at radius 2 is 1.90 bits per heavy atom. The minimum absolute atomic E-state index is 0.253. The summed E-state index contributed by atoms with van der Waals surface area (Å²) >= 11 is 0. The lowest BCUT2D eigenvalue weighted by molar-refractivity contribution is -0.118. The second kappa shape index (κ2) is 11.7. The zero-order valence-corrected chi connectivity index (χ0v) is 20.1. The summed E-state index contributed by atoms with van der Waals surface area (Å²) in [7, 11) is 0. The van der Waals surface area contributed by atoms with E-state index in [2.05, 4.69) is 33.4 Å². The molecule has 0 aliphatic rings. The van der Waals surface area contributed by atoms with Gasteiger partial charge < -0.3 is 4.74 Å². The fourth-order valence-corrected chi connectivity index (χ4v) is 3.36. The minimum atomic E-state index is 0.253. The third-order valence-corrected chi connectivity index (χ3v) is 5.58. The minimum Gasteiger partial charge on any atom is -0.493 e. The predicted octanol–water partition coefficient (Wildman–Crippen LogP) is 7.02. The molecule has 1 atom stereocenters. The maximum Gasteiger partial charge on any atom is 0.137 e. The average Bonchev–Trinajstić information content (AvgIpc) is 3.07. The number of carbonyl (C=O) groups excluding carboxylic acids is 1. The van der Waals surface area contributed by atoms with Crippen LogP contribution in [0.3, 0.4) is 0 Å². The van der Waals surface area contributed by atoms with E-state index >= 15 is 0 Å². The normalized spacial score (nSPS) is 12.6. The largest absolute Gasteiger partial charge is 0.493 e. The number of carbonyl (C=O) groups is 1. The van der Waals surface area contributed by atoms with Gasteiger partial charge in [-0.2, -0.15) is 5.10 Å². The van der Waals surface area contributed by atoms with Gasteiger partial charge in [0.2, 0.25) is 0 Å². The van der Waals surface area contributed by atoms with E-state index in [9.17, 15) is 4.79 Å². The van der Waals surface area contributed by atoms with Crippen LogP contribution in [0.5, 0.6) is 5.75 Å². The van der Waals surface area contributed by atoms with Gasteiger partial charge in [-0.15, -0.1) is 0 Å². The first-order valence-electron chi connectivity index (χ1n) is 11.4. The standard InChI is InChI=1S/C27H38N2O2/c1-8-10-24(30)17-26-22(7)29(21(6)12-11-19(3)4)28-27(26)23-13-15-25(16-14-23)31-18-20(5)9-2/h12-16,20H,3,8-11,17-18H2,1-2,4-7H3. The molecule has 4 heteroatoms. The Kier molecular flexibility index (Phi) is 9.29. The van der Waals surface area contributed by atoms with Crippen LogP contribution in [0.1, 0.15) is 71.6 Å². The molecule has 0 amide bonds. The molecule has 2 aromatic rings. The summed E-state index contributed by atoms with van der Waals surface area (Å²) in [6, 6.07) is 8.07. The molecule has 0 saturated heterocycles. The smallest absolute Gasteiger partial charge is 0.137 e. The Labute approximate surface area is 188 Å². The van der Waals surface area contributed by atoms with Gasteiger partial charge in [0, 0.05) is 35.4 Å². The maximum atomic E-state index is 12.5. The van der Waals surface area contributed by atoms with Crippen molar-refractivity contribution in [3.8, 4) is 17.0 Å². The zero-order valence-electron chi connectivity index (χ0n) is 20.1. The number of hydrogen-bond acceptors (Lipinski definition) is 3. The first-order chi connectivity index (χ1) is 14.8. The Morgan fingerprint density at radius 3 is 2.48 bits per heavy atom. The SMILES string of the molecule is C=C(C)CC=C(C)n1nc(-c2ccc(OCC(C)CC)cc2)c(CC(=O)CCC)c1C. The van der Waals surface area contributed by atoms with Gasteiger partial charge in [0.15, 0.2) is 0 Å². The zero-order chi connectivity index (χ0) is 23.0. The van der Waals surface area contributed by atoms with Crippen molar-refractivity contribution in [3.63, 3.8) is 0 Å². The topological polar surface area (TPSA) is 44.1 Å². The second-order valence-corrected chi connectivity index (χ2v) is 8.65. The van der Waals surface area contributed by atoms with Crippen molar-refractivity contribution in [1.82, 2.24) is 9.78 Å². The number of aromatic nitrogens is 2. The highest BCUT2D eigenvalue weighted by molar-refractivity contribution is 5.83. The lowest BCUT2D eigenvalue weighted by Crippen LogP contribution is -2.07. The first-order valence-corrected chi connectivity index (χ1v) is 11.4. The maximum absolute atomic E-state index is 12.5. The molecule has 0 fully saturated rings. The third kappa shape index (κ3) is 6.95. The van der Waals surface area contributed by atoms with Gasteiger partial charge in [0.05, 0.1) is 12.3 Å². The quantitative estimate of drug-likeness (QED) is 0.345. The number of rotatable bonds is 12. The van der Waals surface area contributed by atoms with Crippen molar-refractivity contribution in [2.24, 2.45) is 5.92 Å². The number of ether oxygens (including phenoxy) is 1. The van der Waals surface area contributed by atoms with Gasteiger partial charge in [-0.25, -0.2) is 4.68 Å². The summed E-state index contributed by atoms with van der Waals surface area (Å²) in [6.07, 6.45) is 5.91. The molecule has 2 rings (SSSR count). The van der Waals surface area contributed by atoms with E-state index in [-0.39, 0.29) is 5.78 Å². The van der Waals surface area contributed by atoms with Crippen LogP contribution >= 0.6 is 0 Å². The van der Waals surface area contributed by atoms with Gasteiger partial charge in [-0.3, -0.25) is 4.79 Å². The van der Waals surface area contributed by atoms with Crippen LogP contribution in [-0.4, -0.2) is 22.2 Å². The van der Waals surface area contributed by atoms with Crippen LogP contribution in [0.4, 0.5) is 0 Å². The van der Waals surface area contributed by atoms with Crippen LogP contribution in [0, 0.1) is 12.8 Å². The number of allylic oxidation sites excluding steroid dienone is 3. The van der Waals surface area contributed by atoms with E-state index in [1.807, 2.05) is 49.7 Å².